The second-order valence-corrected chi connectivity index (χ2v) is 7.24. The first kappa shape index (κ1) is 15.5. The molecule has 0 aromatic carbocycles. The molecule has 0 atom stereocenters. The number of hydrogen-bond donors (Lipinski definition) is 1. The molecule has 0 aliphatic heterocycles. The quantitative estimate of drug-likeness (QED) is 0.786. The van der Waals surface area contributed by atoms with Crippen LogP contribution < -0.4 is 4.72 Å². The van der Waals surface area contributed by atoms with Crippen molar-refractivity contribution in [2.75, 3.05) is 4.72 Å². The number of fused-ring (bicyclic) bond motifs is 1. The van der Waals surface area contributed by atoms with E-state index in [1.165, 1.54) is 6.20 Å². The molecule has 0 bridgehead atoms. The van der Waals surface area contributed by atoms with Crippen molar-refractivity contribution >= 4 is 21.5 Å². The Bertz CT molecular complexity index is 970. The summed E-state index contributed by atoms with van der Waals surface area (Å²) < 4.78 is 31.4. The van der Waals surface area contributed by atoms with Gasteiger partial charge in [-0.1, -0.05) is 0 Å². The number of anilines is 1. The second kappa shape index (κ2) is 5.34. The van der Waals surface area contributed by atoms with Crippen LogP contribution in [0, 0.1) is 13.8 Å². The van der Waals surface area contributed by atoms with Gasteiger partial charge in [0.2, 0.25) is 5.78 Å². The Morgan fingerprint density at radius 3 is 2.61 bits per heavy atom. The fourth-order valence-corrected chi connectivity index (χ4v) is 4.04. The van der Waals surface area contributed by atoms with Gasteiger partial charge in [0, 0.05) is 24.6 Å². The van der Waals surface area contributed by atoms with Gasteiger partial charge in [-0.25, -0.2) is 18.4 Å². The highest BCUT2D eigenvalue weighted by molar-refractivity contribution is 7.92. The van der Waals surface area contributed by atoms with E-state index in [0.717, 1.165) is 0 Å². The molecule has 0 fully saturated rings. The van der Waals surface area contributed by atoms with Gasteiger partial charge in [-0.2, -0.15) is 5.10 Å². The molecule has 122 valence electrons. The van der Waals surface area contributed by atoms with Crippen molar-refractivity contribution in [3.63, 3.8) is 0 Å². The van der Waals surface area contributed by atoms with Crippen LogP contribution in [0.2, 0.25) is 0 Å². The Morgan fingerprint density at radius 2 is 1.96 bits per heavy atom. The lowest BCUT2D eigenvalue weighted by Crippen LogP contribution is -2.16. The van der Waals surface area contributed by atoms with Gasteiger partial charge in [-0.15, -0.1) is 0 Å². The molecule has 0 spiro atoms. The van der Waals surface area contributed by atoms with Gasteiger partial charge in [-0.05, 0) is 27.7 Å². The molecular weight excluding hydrogens is 316 g/mol. The summed E-state index contributed by atoms with van der Waals surface area (Å²) in [4.78, 5) is 8.33. The minimum atomic E-state index is -3.75. The third-order valence-corrected chi connectivity index (χ3v) is 5.15. The zero-order chi connectivity index (χ0) is 16.8. The Labute approximate surface area is 134 Å². The summed E-state index contributed by atoms with van der Waals surface area (Å²) in [5.41, 5.74) is 1.45. The van der Waals surface area contributed by atoms with Crippen LogP contribution in [-0.4, -0.2) is 32.6 Å². The van der Waals surface area contributed by atoms with Crippen LogP contribution in [0.25, 0.3) is 5.78 Å². The highest BCUT2D eigenvalue weighted by atomic mass is 32.2. The van der Waals surface area contributed by atoms with E-state index in [4.69, 9.17) is 0 Å². The molecule has 3 aromatic heterocycles. The van der Waals surface area contributed by atoms with Crippen molar-refractivity contribution in [2.45, 2.75) is 38.6 Å². The Balaban J connectivity index is 2.01. The van der Waals surface area contributed by atoms with Crippen molar-refractivity contribution in [3.8, 4) is 0 Å². The summed E-state index contributed by atoms with van der Waals surface area (Å²) in [5, 5.41) is 4.33. The lowest BCUT2D eigenvalue weighted by Gasteiger charge is -2.10. The van der Waals surface area contributed by atoms with Gasteiger partial charge in [0.05, 0.1) is 23.3 Å². The summed E-state index contributed by atoms with van der Waals surface area (Å²) in [6.07, 6.45) is 6.37. The number of aromatic nitrogens is 5. The molecule has 3 rings (SSSR count). The molecule has 3 aromatic rings. The van der Waals surface area contributed by atoms with Crippen LogP contribution in [0.5, 0.6) is 0 Å². The smallest absolute Gasteiger partial charge is 0.265 e. The van der Waals surface area contributed by atoms with E-state index in [1.54, 1.807) is 41.5 Å². The number of nitrogens with one attached hydrogen (secondary N) is 1. The minimum Gasteiger partial charge on any atom is -0.289 e. The summed E-state index contributed by atoms with van der Waals surface area (Å²) in [6, 6.07) is 0.0848. The highest BCUT2D eigenvalue weighted by Gasteiger charge is 2.25. The number of rotatable bonds is 4. The Morgan fingerprint density at radius 1 is 1.22 bits per heavy atom. The molecule has 23 heavy (non-hydrogen) atoms. The third-order valence-electron chi connectivity index (χ3n) is 3.51. The Kier molecular flexibility index (Phi) is 3.59. The molecule has 0 aliphatic carbocycles. The molecule has 0 saturated heterocycles. The minimum absolute atomic E-state index is 0.0848. The molecule has 0 unspecified atom stereocenters. The van der Waals surface area contributed by atoms with Crippen molar-refractivity contribution in [1.82, 2.24) is 24.1 Å². The van der Waals surface area contributed by atoms with E-state index in [0.29, 0.717) is 22.9 Å². The van der Waals surface area contributed by atoms with Gasteiger partial charge in [0.1, 0.15) is 4.90 Å². The fraction of sp³-hybridized carbons (Fsp3) is 0.357. The van der Waals surface area contributed by atoms with Crippen LogP contribution in [0.15, 0.2) is 29.7 Å². The maximum atomic E-state index is 12.7. The summed E-state index contributed by atoms with van der Waals surface area (Å²) in [6.45, 7) is 7.37. The fourth-order valence-electron chi connectivity index (χ4n) is 2.61. The van der Waals surface area contributed by atoms with Gasteiger partial charge in [0.25, 0.3) is 10.0 Å². The summed E-state index contributed by atoms with van der Waals surface area (Å²) in [7, 11) is -3.75. The lowest BCUT2D eigenvalue weighted by atomic mass is 10.3. The molecule has 0 radical (unpaired) electrons. The van der Waals surface area contributed by atoms with E-state index < -0.39 is 10.0 Å². The van der Waals surface area contributed by atoms with E-state index in [-0.39, 0.29) is 10.9 Å². The molecule has 0 amide bonds. The largest absolute Gasteiger partial charge is 0.289 e. The number of imidazole rings is 1. The summed E-state index contributed by atoms with van der Waals surface area (Å²) >= 11 is 0. The predicted octanol–water partition coefficient (Wildman–Crippen LogP) is 1.92. The van der Waals surface area contributed by atoms with E-state index in [9.17, 15) is 8.42 Å². The van der Waals surface area contributed by atoms with Crippen LogP contribution in [0.1, 0.15) is 31.3 Å². The molecule has 0 saturated carbocycles. The SMILES string of the molecule is Cc1nn(C(C)C)c(C)c1S(=O)(=O)Nc1cnc2nccn2c1. The average Bonchev–Trinajstić information content (AvgIpc) is 3.02. The zero-order valence-corrected chi connectivity index (χ0v) is 14.2. The van der Waals surface area contributed by atoms with Crippen molar-refractivity contribution < 1.29 is 8.42 Å². The van der Waals surface area contributed by atoms with Crippen LogP contribution in [0.4, 0.5) is 5.69 Å². The van der Waals surface area contributed by atoms with Crippen LogP contribution in [-0.2, 0) is 10.0 Å². The molecule has 0 aliphatic rings. The first-order chi connectivity index (χ1) is 10.8. The van der Waals surface area contributed by atoms with Gasteiger partial charge in [0.15, 0.2) is 0 Å². The number of hydrogen-bond acceptors (Lipinski definition) is 5. The standard InChI is InChI=1S/C14H18N6O2S/c1-9(2)20-11(4)13(10(3)17-20)23(21,22)18-12-7-16-14-15-5-6-19(14)8-12/h5-9,18H,1-4H3. The summed E-state index contributed by atoms with van der Waals surface area (Å²) in [5.74, 6) is 0.507. The van der Waals surface area contributed by atoms with Crippen molar-refractivity contribution in [1.29, 1.82) is 0 Å². The molecule has 1 N–H and O–H groups in total. The van der Waals surface area contributed by atoms with Gasteiger partial charge in [-0.3, -0.25) is 13.8 Å². The topological polar surface area (TPSA) is 94.2 Å². The van der Waals surface area contributed by atoms with Gasteiger partial charge >= 0.3 is 0 Å². The number of sulfonamides is 1. The Hall–Kier alpha value is -2.42. The molecular formula is C14H18N6O2S. The normalized spacial score (nSPS) is 12.2. The second-order valence-electron chi connectivity index (χ2n) is 5.62. The van der Waals surface area contributed by atoms with E-state index in [2.05, 4.69) is 19.8 Å². The van der Waals surface area contributed by atoms with Crippen molar-refractivity contribution in [2.24, 2.45) is 0 Å². The maximum absolute atomic E-state index is 12.7. The number of aryl methyl sites for hydroxylation is 1. The third kappa shape index (κ3) is 2.67. The van der Waals surface area contributed by atoms with Crippen LogP contribution >= 0.6 is 0 Å². The molecule has 3 heterocycles. The monoisotopic (exact) mass is 334 g/mol. The maximum Gasteiger partial charge on any atom is 0.265 e. The van der Waals surface area contributed by atoms with E-state index >= 15 is 0 Å². The van der Waals surface area contributed by atoms with E-state index in [1.807, 2.05) is 13.8 Å². The molecule has 8 nitrogen and oxygen atoms in total. The highest BCUT2D eigenvalue weighted by Crippen LogP contribution is 2.24. The average molecular weight is 334 g/mol. The molecule has 9 heteroatoms. The first-order valence-electron chi connectivity index (χ1n) is 7.17. The zero-order valence-electron chi connectivity index (χ0n) is 13.3. The predicted molar refractivity (Wildman–Crippen MR) is 85.9 cm³/mol. The van der Waals surface area contributed by atoms with Gasteiger partial charge < -0.3 is 0 Å². The number of nitrogens with zero attached hydrogens (tertiary/aromatic N) is 5. The van der Waals surface area contributed by atoms with Crippen LogP contribution in [0.3, 0.4) is 0 Å². The van der Waals surface area contributed by atoms with Crippen molar-refractivity contribution in [3.05, 3.63) is 36.2 Å². The lowest BCUT2D eigenvalue weighted by molar-refractivity contribution is 0.514. The first-order valence-corrected chi connectivity index (χ1v) is 8.65.